The monoisotopic (exact) mass is 266 g/mol. The van der Waals surface area contributed by atoms with Gasteiger partial charge in [-0.05, 0) is 31.6 Å². The van der Waals surface area contributed by atoms with Gasteiger partial charge in [-0.2, -0.15) is 0 Å². The fraction of sp³-hybridized carbons (Fsp3) is 0.917. The van der Waals surface area contributed by atoms with Gasteiger partial charge in [0.05, 0.1) is 6.04 Å². The van der Waals surface area contributed by atoms with Gasteiger partial charge in [0.1, 0.15) is 0 Å². The summed E-state index contributed by atoms with van der Waals surface area (Å²) >= 11 is 0. The van der Waals surface area contributed by atoms with Crippen molar-refractivity contribution in [2.45, 2.75) is 45.6 Å². The van der Waals surface area contributed by atoms with Crippen LogP contribution < -0.4 is 11.1 Å². The molecule has 0 rings (SSSR count). The summed E-state index contributed by atoms with van der Waals surface area (Å²) in [5.74, 6) is 0.433. The lowest BCUT2D eigenvalue weighted by molar-refractivity contribution is -0.122. The Morgan fingerprint density at radius 1 is 1.29 bits per heavy atom. The normalized spacial score (nSPS) is 12.1. The molecule has 0 heterocycles. The SMILES string of the molecule is COCCCCCNC(=O)[C@@H](N)CC(C)C.Cl. The number of nitrogens with two attached hydrogens (primary N) is 1. The minimum absolute atomic E-state index is 0. The van der Waals surface area contributed by atoms with Crippen LogP contribution in [0.5, 0.6) is 0 Å². The first-order valence-corrected chi connectivity index (χ1v) is 6.10. The van der Waals surface area contributed by atoms with Crippen molar-refractivity contribution in [3.63, 3.8) is 0 Å². The molecule has 1 atom stereocenters. The zero-order valence-corrected chi connectivity index (χ0v) is 12.0. The molecule has 4 nitrogen and oxygen atoms in total. The molecule has 5 heteroatoms. The van der Waals surface area contributed by atoms with Crippen LogP contribution in [-0.4, -0.2) is 32.2 Å². The van der Waals surface area contributed by atoms with E-state index in [0.717, 1.165) is 32.3 Å². The molecule has 17 heavy (non-hydrogen) atoms. The highest BCUT2D eigenvalue weighted by Crippen LogP contribution is 2.02. The number of methoxy groups -OCH3 is 1. The summed E-state index contributed by atoms with van der Waals surface area (Å²) in [5, 5.41) is 2.86. The third-order valence-corrected chi connectivity index (χ3v) is 2.39. The molecule has 3 N–H and O–H groups in total. The molecule has 0 aromatic carbocycles. The van der Waals surface area contributed by atoms with Crippen LogP contribution in [0, 0.1) is 5.92 Å². The van der Waals surface area contributed by atoms with E-state index in [1.165, 1.54) is 0 Å². The summed E-state index contributed by atoms with van der Waals surface area (Å²) in [7, 11) is 1.70. The molecule has 0 aromatic heterocycles. The Balaban J connectivity index is 0. The van der Waals surface area contributed by atoms with Gasteiger partial charge >= 0.3 is 0 Å². The Bertz CT molecular complexity index is 189. The maximum atomic E-state index is 11.5. The molecule has 0 aliphatic carbocycles. The number of nitrogens with one attached hydrogen (secondary N) is 1. The second-order valence-electron chi connectivity index (χ2n) is 4.58. The molecule has 0 aromatic rings. The molecule has 1 amide bonds. The molecular weight excluding hydrogens is 240 g/mol. The summed E-state index contributed by atoms with van der Waals surface area (Å²) in [6.07, 6.45) is 3.86. The number of amides is 1. The Morgan fingerprint density at radius 2 is 1.94 bits per heavy atom. The Labute approximate surface area is 111 Å². The molecule has 0 aliphatic rings. The molecule has 0 aliphatic heterocycles. The van der Waals surface area contributed by atoms with Crippen molar-refractivity contribution in [1.29, 1.82) is 0 Å². The van der Waals surface area contributed by atoms with Crippen molar-refractivity contribution < 1.29 is 9.53 Å². The van der Waals surface area contributed by atoms with Gasteiger partial charge in [0.15, 0.2) is 0 Å². The third kappa shape index (κ3) is 11.9. The van der Waals surface area contributed by atoms with Crippen molar-refractivity contribution >= 4 is 18.3 Å². The van der Waals surface area contributed by atoms with E-state index in [0.29, 0.717) is 12.5 Å². The van der Waals surface area contributed by atoms with Gasteiger partial charge in [0, 0.05) is 20.3 Å². The summed E-state index contributed by atoms with van der Waals surface area (Å²) in [6, 6.07) is -0.362. The molecule has 0 saturated carbocycles. The number of hydrogen-bond acceptors (Lipinski definition) is 3. The number of carbonyl (C=O) groups is 1. The second-order valence-corrected chi connectivity index (χ2v) is 4.58. The average Bonchev–Trinajstić information content (AvgIpc) is 2.21. The zero-order valence-electron chi connectivity index (χ0n) is 11.2. The van der Waals surface area contributed by atoms with Crippen LogP contribution in [0.15, 0.2) is 0 Å². The summed E-state index contributed by atoms with van der Waals surface area (Å²) < 4.78 is 4.94. The summed E-state index contributed by atoms with van der Waals surface area (Å²) in [4.78, 5) is 11.5. The summed E-state index contributed by atoms with van der Waals surface area (Å²) in [6.45, 7) is 5.64. The number of carbonyl (C=O) groups excluding carboxylic acids is 1. The minimum atomic E-state index is -0.362. The molecule has 0 saturated heterocycles. The van der Waals surface area contributed by atoms with E-state index in [4.69, 9.17) is 10.5 Å². The lowest BCUT2D eigenvalue weighted by atomic mass is 10.0. The van der Waals surface area contributed by atoms with Gasteiger partial charge in [-0.15, -0.1) is 12.4 Å². The summed E-state index contributed by atoms with van der Waals surface area (Å²) in [5.41, 5.74) is 5.75. The first kappa shape index (κ1) is 19.0. The van der Waals surface area contributed by atoms with Crippen LogP contribution in [-0.2, 0) is 9.53 Å². The molecule has 104 valence electrons. The topological polar surface area (TPSA) is 64.3 Å². The third-order valence-electron chi connectivity index (χ3n) is 2.39. The predicted molar refractivity (Wildman–Crippen MR) is 73.4 cm³/mol. The minimum Gasteiger partial charge on any atom is -0.385 e. The average molecular weight is 267 g/mol. The fourth-order valence-electron chi connectivity index (χ4n) is 1.51. The first-order valence-electron chi connectivity index (χ1n) is 6.10. The number of unbranched alkanes of at least 4 members (excludes halogenated alkanes) is 2. The van der Waals surface area contributed by atoms with Crippen LogP contribution in [0.25, 0.3) is 0 Å². The standard InChI is InChI=1S/C12H26N2O2.ClH/c1-10(2)9-11(13)12(15)14-7-5-4-6-8-16-3;/h10-11H,4-9,13H2,1-3H3,(H,14,15);1H/t11-;/m0./s1. The predicted octanol–water partition coefficient (Wildman–Crippen LogP) is 1.71. The van der Waals surface area contributed by atoms with Gasteiger partial charge in [0.2, 0.25) is 5.91 Å². The highest BCUT2D eigenvalue weighted by Gasteiger charge is 2.13. The quantitative estimate of drug-likeness (QED) is 0.625. The highest BCUT2D eigenvalue weighted by molar-refractivity contribution is 5.85. The van der Waals surface area contributed by atoms with Crippen LogP contribution in [0.4, 0.5) is 0 Å². The van der Waals surface area contributed by atoms with Crippen molar-refractivity contribution in [1.82, 2.24) is 5.32 Å². The number of rotatable bonds is 9. The largest absolute Gasteiger partial charge is 0.385 e. The van der Waals surface area contributed by atoms with E-state index in [9.17, 15) is 4.79 Å². The van der Waals surface area contributed by atoms with Crippen molar-refractivity contribution in [2.24, 2.45) is 11.7 Å². The van der Waals surface area contributed by atoms with E-state index in [1.54, 1.807) is 7.11 Å². The van der Waals surface area contributed by atoms with Crippen molar-refractivity contribution in [3.05, 3.63) is 0 Å². The first-order chi connectivity index (χ1) is 7.57. The number of ether oxygens (including phenoxy) is 1. The maximum Gasteiger partial charge on any atom is 0.236 e. The van der Waals surface area contributed by atoms with Gasteiger partial charge in [-0.3, -0.25) is 4.79 Å². The van der Waals surface area contributed by atoms with Gasteiger partial charge in [0.25, 0.3) is 0 Å². The van der Waals surface area contributed by atoms with E-state index in [-0.39, 0.29) is 24.4 Å². The maximum absolute atomic E-state index is 11.5. The molecule has 0 radical (unpaired) electrons. The van der Waals surface area contributed by atoms with Crippen LogP contribution in [0.2, 0.25) is 0 Å². The van der Waals surface area contributed by atoms with Gasteiger partial charge in [-0.1, -0.05) is 13.8 Å². The van der Waals surface area contributed by atoms with Crippen LogP contribution >= 0.6 is 12.4 Å². The zero-order chi connectivity index (χ0) is 12.4. The Kier molecular flexibility index (Phi) is 13.6. The van der Waals surface area contributed by atoms with E-state index < -0.39 is 0 Å². The smallest absolute Gasteiger partial charge is 0.236 e. The van der Waals surface area contributed by atoms with Gasteiger partial charge in [-0.25, -0.2) is 0 Å². The second kappa shape index (κ2) is 12.1. The molecule has 0 unspecified atom stereocenters. The van der Waals surface area contributed by atoms with E-state index in [2.05, 4.69) is 19.2 Å². The van der Waals surface area contributed by atoms with Gasteiger partial charge < -0.3 is 15.8 Å². The van der Waals surface area contributed by atoms with E-state index >= 15 is 0 Å². The molecule has 0 bridgehead atoms. The highest BCUT2D eigenvalue weighted by atomic mass is 35.5. The Morgan fingerprint density at radius 3 is 2.47 bits per heavy atom. The number of hydrogen-bond donors (Lipinski definition) is 2. The lowest BCUT2D eigenvalue weighted by Crippen LogP contribution is -2.41. The van der Waals surface area contributed by atoms with E-state index in [1.807, 2.05) is 0 Å². The molecule has 0 fully saturated rings. The molecular formula is C12H27ClN2O2. The Hall–Kier alpha value is -0.320. The van der Waals surface area contributed by atoms with Crippen molar-refractivity contribution in [2.75, 3.05) is 20.3 Å². The lowest BCUT2D eigenvalue weighted by Gasteiger charge is -2.13. The van der Waals surface area contributed by atoms with Crippen LogP contribution in [0.1, 0.15) is 39.5 Å². The van der Waals surface area contributed by atoms with Crippen LogP contribution in [0.3, 0.4) is 0 Å². The molecule has 0 spiro atoms. The number of halogens is 1. The fourth-order valence-corrected chi connectivity index (χ4v) is 1.51. The van der Waals surface area contributed by atoms with Crippen molar-refractivity contribution in [3.8, 4) is 0 Å².